The van der Waals surface area contributed by atoms with E-state index in [1.807, 2.05) is 0 Å². The number of sulfonamides is 1. The number of amides is 1. The highest BCUT2D eigenvalue weighted by Crippen LogP contribution is 2.34. The van der Waals surface area contributed by atoms with Crippen molar-refractivity contribution < 1.29 is 22.0 Å². The molecule has 1 aliphatic carbocycles. The number of rotatable bonds is 3. The fraction of sp³-hybridized carbons (Fsp3) is 0.364. The van der Waals surface area contributed by atoms with Gasteiger partial charge in [-0.05, 0) is 25.8 Å². The summed E-state index contributed by atoms with van der Waals surface area (Å²) >= 11 is 0. The monoisotopic (exact) mass is 290 g/mol. The summed E-state index contributed by atoms with van der Waals surface area (Å²) in [6.07, 6.45) is 1.51. The van der Waals surface area contributed by atoms with E-state index in [4.69, 9.17) is 5.14 Å². The van der Waals surface area contributed by atoms with Gasteiger partial charge in [-0.15, -0.1) is 0 Å². The van der Waals surface area contributed by atoms with Crippen LogP contribution < -0.4 is 10.5 Å². The summed E-state index contributed by atoms with van der Waals surface area (Å²) in [4.78, 5) is 10.9. The van der Waals surface area contributed by atoms with Crippen LogP contribution in [0.1, 0.15) is 30.1 Å². The molecule has 0 spiro atoms. The van der Waals surface area contributed by atoms with Gasteiger partial charge in [0, 0.05) is 11.6 Å². The standard InChI is InChI=1S/C11H12F2N2O3S/c1-11(2-3-11)15-10(16)6-4-9(19(14,17)18)8(13)5-7(6)12/h4-5H,2-3H2,1H3,(H,15,16)(H2,14,17,18). The minimum absolute atomic E-state index is 0.337. The fourth-order valence-corrected chi connectivity index (χ4v) is 2.19. The van der Waals surface area contributed by atoms with Gasteiger partial charge in [-0.25, -0.2) is 22.3 Å². The van der Waals surface area contributed by atoms with E-state index in [-0.39, 0.29) is 0 Å². The molecule has 0 aromatic heterocycles. The molecule has 5 nitrogen and oxygen atoms in total. The Morgan fingerprint density at radius 3 is 2.37 bits per heavy atom. The smallest absolute Gasteiger partial charge is 0.254 e. The molecule has 0 atom stereocenters. The Hall–Kier alpha value is -1.54. The van der Waals surface area contributed by atoms with Crippen LogP contribution in [0.15, 0.2) is 17.0 Å². The highest BCUT2D eigenvalue weighted by Gasteiger charge is 2.39. The van der Waals surface area contributed by atoms with Crippen LogP contribution in [0.2, 0.25) is 0 Å². The number of hydrogen-bond donors (Lipinski definition) is 2. The number of carbonyl (C=O) groups is 1. The lowest BCUT2D eigenvalue weighted by Gasteiger charge is -2.12. The fourth-order valence-electron chi connectivity index (χ4n) is 1.58. The first-order valence-corrected chi connectivity index (χ1v) is 7.01. The van der Waals surface area contributed by atoms with E-state index < -0.39 is 43.6 Å². The summed E-state index contributed by atoms with van der Waals surface area (Å²) in [7, 11) is -4.36. The van der Waals surface area contributed by atoms with E-state index in [9.17, 15) is 22.0 Å². The molecule has 1 amide bonds. The second-order valence-corrected chi connectivity index (χ2v) is 6.35. The van der Waals surface area contributed by atoms with Crippen molar-refractivity contribution in [3.8, 4) is 0 Å². The van der Waals surface area contributed by atoms with Crippen molar-refractivity contribution in [3.63, 3.8) is 0 Å². The molecule has 8 heteroatoms. The van der Waals surface area contributed by atoms with Crippen LogP contribution in [0.3, 0.4) is 0 Å². The quantitative estimate of drug-likeness (QED) is 0.866. The zero-order valence-corrected chi connectivity index (χ0v) is 10.9. The molecule has 0 heterocycles. The van der Waals surface area contributed by atoms with Gasteiger partial charge in [0.1, 0.15) is 16.5 Å². The number of nitrogens with two attached hydrogens (primary N) is 1. The summed E-state index contributed by atoms with van der Waals surface area (Å²) in [5.74, 6) is -3.25. The van der Waals surface area contributed by atoms with Crippen molar-refractivity contribution in [2.24, 2.45) is 5.14 Å². The minimum Gasteiger partial charge on any atom is -0.347 e. The number of hydrogen-bond acceptors (Lipinski definition) is 3. The zero-order valence-electron chi connectivity index (χ0n) is 10.0. The molecule has 1 aromatic rings. The Bertz CT molecular complexity index is 654. The van der Waals surface area contributed by atoms with E-state index >= 15 is 0 Å². The second-order valence-electron chi connectivity index (χ2n) is 4.82. The van der Waals surface area contributed by atoms with Crippen LogP contribution in [0.4, 0.5) is 8.78 Å². The van der Waals surface area contributed by atoms with Crippen molar-refractivity contribution in [1.82, 2.24) is 5.32 Å². The number of benzene rings is 1. The predicted octanol–water partition coefficient (Wildman–Crippen LogP) is 0.895. The van der Waals surface area contributed by atoms with Crippen LogP contribution in [0.5, 0.6) is 0 Å². The van der Waals surface area contributed by atoms with Crippen LogP contribution >= 0.6 is 0 Å². The van der Waals surface area contributed by atoms with Crippen molar-refractivity contribution >= 4 is 15.9 Å². The number of primary sulfonamides is 1. The molecule has 104 valence electrons. The van der Waals surface area contributed by atoms with E-state index in [2.05, 4.69) is 5.32 Å². The van der Waals surface area contributed by atoms with Crippen molar-refractivity contribution in [1.29, 1.82) is 0 Å². The normalized spacial score (nSPS) is 17.1. The third kappa shape index (κ3) is 2.90. The molecule has 0 radical (unpaired) electrons. The van der Waals surface area contributed by atoms with Gasteiger partial charge >= 0.3 is 0 Å². The van der Waals surface area contributed by atoms with Crippen LogP contribution in [0.25, 0.3) is 0 Å². The summed E-state index contributed by atoms with van der Waals surface area (Å²) in [5.41, 5.74) is -0.946. The van der Waals surface area contributed by atoms with Gasteiger partial charge in [-0.2, -0.15) is 0 Å². The topological polar surface area (TPSA) is 89.3 Å². The molecule has 0 bridgehead atoms. The molecule has 0 aliphatic heterocycles. The van der Waals surface area contributed by atoms with Crippen LogP contribution in [-0.2, 0) is 10.0 Å². The Morgan fingerprint density at radius 1 is 1.32 bits per heavy atom. The third-order valence-electron chi connectivity index (χ3n) is 2.99. The van der Waals surface area contributed by atoms with Crippen LogP contribution in [0, 0.1) is 11.6 Å². The van der Waals surface area contributed by atoms with Gasteiger partial charge in [0.2, 0.25) is 10.0 Å². The molecule has 1 aliphatic rings. The highest BCUT2D eigenvalue weighted by molar-refractivity contribution is 7.89. The molecule has 3 N–H and O–H groups in total. The lowest BCUT2D eigenvalue weighted by Crippen LogP contribution is -2.35. The number of nitrogens with one attached hydrogen (secondary N) is 1. The summed E-state index contributed by atoms with van der Waals surface area (Å²) in [6.45, 7) is 1.77. The van der Waals surface area contributed by atoms with Crippen LogP contribution in [-0.4, -0.2) is 19.9 Å². The number of carbonyl (C=O) groups excluding carboxylic acids is 1. The maximum absolute atomic E-state index is 13.5. The van der Waals surface area contributed by atoms with E-state index in [1.54, 1.807) is 6.92 Å². The van der Waals surface area contributed by atoms with Crippen molar-refractivity contribution in [2.45, 2.75) is 30.2 Å². The van der Waals surface area contributed by atoms with Gasteiger partial charge in [0.05, 0.1) is 5.56 Å². The van der Waals surface area contributed by atoms with E-state index in [1.165, 1.54) is 0 Å². The van der Waals surface area contributed by atoms with Gasteiger partial charge in [-0.1, -0.05) is 0 Å². The third-order valence-corrected chi connectivity index (χ3v) is 3.91. The molecule has 0 unspecified atom stereocenters. The van der Waals surface area contributed by atoms with E-state index in [0.29, 0.717) is 12.1 Å². The first-order chi connectivity index (χ1) is 8.62. The molecule has 1 fully saturated rings. The minimum atomic E-state index is -4.36. The Kier molecular flexibility index (Phi) is 3.10. The highest BCUT2D eigenvalue weighted by atomic mass is 32.2. The molecule has 2 rings (SSSR count). The van der Waals surface area contributed by atoms with Gasteiger partial charge in [0.25, 0.3) is 5.91 Å². The average molecular weight is 290 g/mol. The lowest BCUT2D eigenvalue weighted by molar-refractivity contribution is 0.0931. The molecule has 0 saturated heterocycles. The first kappa shape index (κ1) is 13.9. The largest absolute Gasteiger partial charge is 0.347 e. The Labute approximate surface area is 108 Å². The summed E-state index contributed by atoms with van der Waals surface area (Å²) < 4.78 is 49.1. The predicted molar refractivity (Wildman–Crippen MR) is 62.8 cm³/mol. The summed E-state index contributed by atoms with van der Waals surface area (Å²) in [5, 5.41) is 7.34. The van der Waals surface area contributed by atoms with Gasteiger partial charge < -0.3 is 5.32 Å². The lowest BCUT2D eigenvalue weighted by atomic mass is 10.1. The summed E-state index contributed by atoms with van der Waals surface area (Å²) in [6, 6.07) is 0.949. The molecular formula is C11H12F2N2O3S. The van der Waals surface area contributed by atoms with Gasteiger partial charge in [-0.3, -0.25) is 4.79 Å². The second kappa shape index (κ2) is 4.24. The molecule has 19 heavy (non-hydrogen) atoms. The maximum Gasteiger partial charge on any atom is 0.254 e. The van der Waals surface area contributed by atoms with Crippen molar-refractivity contribution in [2.75, 3.05) is 0 Å². The molecule has 1 saturated carbocycles. The SMILES string of the molecule is CC1(NC(=O)c2cc(S(N)(=O)=O)c(F)cc2F)CC1. The maximum atomic E-state index is 13.5. The average Bonchev–Trinajstić information content (AvgIpc) is 2.93. The van der Waals surface area contributed by atoms with Gasteiger partial charge in [0.15, 0.2) is 0 Å². The Morgan fingerprint density at radius 2 is 1.89 bits per heavy atom. The molecular weight excluding hydrogens is 278 g/mol. The molecule has 1 aromatic carbocycles. The van der Waals surface area contributed by atoms with E-state index in [0.717, 1.165) is 12.8 Å². The zero-order chi connectivity index (χ0) is 14.4. The Balaban J connectivity index is 2.43. The first-order valence-electron chi connectivity index (χ1n) is 5.47. The van der Waals surface area contributed by atoms with Crippen molar-refractivity contribution in [3.05, 3.63) is 29.3 Å². The number of halogens is 2.